The topological polar surface area (TPSA) is 55.8 Å². The third-order valence-electron chi connectivity index (χ3n) is 2.93. The zero-order valence-corrected chi connectivity index (χ0v) is 9.45. The van der Waals surface area contributed by atoms with Crippen LogP contribution in [0.2, 0.25) is 0 Å². The second-order valence-corrected chi connectivity index (χ2v) is 3.99. The number of rotatable bonds is 4. The highest BCUT2D eigenvalue weighted by atomic mass is 17.1. The molecule has 0 amide bonds. The number of ether oxygens (including phenoxy) is 1. The molecule has 1 aliphatic carbocycles. The maximum atomic E-state index is 11.5. The Balaban J connectivity index is 2.76. The van der Waals surface area contributed by atoms with Gasteiger partial charge in [-0.3, -0.25) is 4.79 Å². The van der Waals surface area contributed by atoms with Crippen LogP contribution in [0.25, 0.3) is 0 Å². The number of allylic oxidation sites excluding steroid dienone is 2. The van der Waals surface area contributed by atoms with Crippen molar-refractivity contribution >= 4 is 5.78 Å². The summed E-state index contributed by atoms with van der Waals surface area (Å²) < 4.78 is 5.35. The van der Waals surface area contributed by atoms with Gasteiger partial charge >= 0.3 is 0 Å². The Hall–Kier alpha value is -0.710. The van der Waals surface area contributed by atoms with Crippen LogP contribution in [0.5, 0.6) is 0 Å². The van der Waals surface area contributed by atoms with E-state index in [4.69, 9.17) is 9.99 Å². The maximum absolute atomic E-state index is 11.5. The minimum absolute atomic E-state index is 0.0919. The number of hydrogen-bond donors (Lipinski definition) is 1. The lowest BCUT2D eigenvalue weighted by Crippen LogP contribution is -2.42. The molecule has 4 nitrogen and oxygen atoms in total. The van der Waals surface area contributed by atoms with Crippen LogP contribution in [0, 0.1) is 5.92 Å². The van der Waals surface area contributed by atoms with E-state index in [9.17, 15) is 4.79 Å². The fraction of sp³-hybridized carbons (Fsp3) is 0.727. The molecule has 0 fully saturated rings. The normalized spacial score (nSPS) is 26.0. The van der Waals surface area contributed by atoms with Crippen LogP contribution in [0.1, 0.15) is 33.6 Å². The molecule has 0 aromatic carbocycles. The van der Waals surface area contributed by atoms with Crippen LogP contribution in [0.3, 0.4) is 0 Å². The van der Waals surface area contributed by atoms with Gasteiger partial charge in [0.1, 0.15) is 0 Å². The molecule has 0 heterocycles. The first-order chi connectivity index (χ1) is 7.03. The Kier molecular flexibility index (Phi) is 4.02. The molecule has 1 N–H and O–H groups in total. The smallest absolute Gasteiger partial charge is 0.202 e. The van der Waals surface area contributed by atoms with Crippen LogP contribution >= 0.6 is 0 Å². The maximum Gasteiger partial charge on any atom is 0.202 e. The van der Waals surface area contributed by atoms with Crippen LogP contribution in [0.15, 0.2) is 11.6 Å². The van der Waals surface area contributed by atoms with Gasteiger partial charge in [0, 0.05) is 18.9 Å². The van der Waals surface area contributed by atoms with Gasteiger partial charge in [-0.05, 0) is 32.8 Å². The summed E-state index contributed by atoms with van der Waals surface area (Å²) in [5.41, 5.74) is 0.781. The van der Waals surface area contributed by atoms with E-state index in [1.54, 1.807) is 13.8 Å². The Morgan fingerprint density at radius 1 is 1.67 bits per heavy atom. The van der Waals surface area contributed by atoms with Crippen molar-refractivity contribution in [1.82, 2.24) is 0 Å². The van der Waals surface area contributed by atoms with Gasteiger partial charge in [-0.1, -0.05) is 6.08 Å². The third kappa shape index (κ3) is 2.65. The molecule has 15 heavy (non-hydrogen) atoms. The zero-order valence-electron chi connectivity index (χ0n) is 9.45. The minimum Gasteiger partial charge on any atom is -0.348 e. The van der Waals surface area contributed by atoms with E-state index in [1.807, 2.05) is 13.0 Å². The van der Waals surface area contributed by atoms with Crippen LogP contribution in [-0.2, 0) is 14.4 Å². The second kappa shape index (κ2) is 4.88. The zero-order chi connectivity index (χ0) is 11.5. The lowest BCUT2D eigenvalue weighted by Gasteiger charge is -2.35. The monoisotopic (exact) mass is 214 g/mol. The Labute approximate surface area is 89.8 Å². The first kappa shape index (κ1) is 12.4. The summed E-state index contributed by atoms with van der Waals surface area (Å²) >= 11 is 0. The summed E-state index contributed by atoms with van der Waals surface area (Å²) in [4.78, 5) is 15.9. The number of Topliss-reactive ketones (excluding diaryl/α,β-unsaturated/α-hetero) is 1. The third-order valence-corrected chi connectivity index (χ3v) is 2.93. The van der Waals surface area contributed by atoms with Crippen molar-refractivity contribution in [2.45, 2.75) is 39.4 Å². The first-order valence-corrected chi connectivity index (χ1v) is 5.20. The fourth-order valence-electron chi connectivity index (χ4n) is 1.81. The number of carbonyl (C=O) groups is 1. The van der Waals surface area contributed by atoms with Gasteiger partial charge in [0.2, 0.25) is 5.79 Å². The van der Waals surface area contributed by atoms with Gasteiger partial charge in [-0.25, -0.2) is 10.1 Å². The van der Waals surface area contributed by atoms with Crippen molar-refractivity contribution in [1.29, 1.82) is 0 Å². The molecular formula is C11H18O4. The van der Waals surface area contributed by atoms with Gasteiger partial charge in [0.15, 0.2) is 5.78 Å². The van der Waals surface area contributed by atoms with Crippen molar-refractivity contribution in [3.8, 4) is 0 Å². The molecule has 2 atom stereocenters. The minimum atomic E-state index is -1.08. The second-order valence-electron chi connectivity index (χ2n) is 3.99. The van der Waals surface area contributed by atoms with Crippen molar-refractivity contribution < 1.29 is 19.7 Å². The number of carbonyl (C=O) groups excluding carboxylic acids is 1. The van der Waals surface area contributed by atoms with Gasteiger partial charge in [0.25, 0.3) is 0 Å². The Morgan fingerprint density at radius 3 is 2.80 bits per heavy atom. The molecule has 86 valence electrons. The van der Waals surface area contributed by atoms with Gasteiger partial charge in [-0.15, -0.1) is 0 Å². The largest absolute Gasteiger partial charge is 0.348 e. The average molecular weight is 214 g/mol. The first-order valence-electron chi connectivity index (χ1n) is 5.20. The molecule has 0 aliphatic heterocycles. The molecule has 0 radical (unpaired) electrons. The SMILES string of the molecule is CCOC(C)(OO)C1CC=C(C)C(=O)C1. The quantitative estimate of drug-likeness (QED) is 0.442. The van der Waals surface area contributed by atoms with Crippen LogP contribution in [0.4, 0.5) is 0 Å². The van der Waals surface area contributed by atoms with Crippen molar-refractivity contribution in [2.24, 2.45) is 5.92 Å². The number of hydrogen-bond acceptors (Lipinski definition) is 4. The van der Waals surface area contributed by atoms with Crippen molar-refractivity contribution in [3.63, 3.8) is 0 Å². The van der Waals surface area contributed by atoms with E-state index in [0.29, 0.717) is 19.4 Å². The van der Waals surface area contributed by atoms with E-state index in [-0.39, 0.29) is 11.7 Å². The highest BCUT2D eigenvalue weighted by Gasteiger charge is 2.39. The molecule has 0 spiro atoms. The summed E-state index contributed by atoms with van der Waals surface area (Å²) in [6.07, 6.45) is 2.92. The van der Waals surface area contributed by atoms with E-state index >= 15 is 0 Å². The molecule has 0 saturated carbocycles. The van der Waals surface area contributed by atoms with Crippen molar-refractivity contribution in [3.05, 3.63) is 11.6 Å². The van der Waals surface area contributed by atoms with E-state index in [0.717, 1.165) is 5.57 Å². The predicted octanol–water partition coefficient (Wildman–Crippen LogP) is 2.15. The van der Waals surface area contributed by atoms with E-state index < -0.39 is 5.79 Å². The summed E-state index contributed by atoms with van der Waals surface area (Å²) in [5, 5.41) is 8.86. The summed E-state index contributed by atoms with van der Waals surface area (Å²) in [6.45, 7) is 5.72. The standard InChI is InChI=1S/C11H18O4/c1-4-14-11(3,15-13)9-6-5-8(2)10(12)7-9/h5,9,13H,4,6-7H2,1-3H3. The Bertz CT molecular complexity index is 272. The molecule has 0 aromatic heterocycles. The molecule has 1 aliphatic rings. The fourth-order valence-corrected chi connectivity index (χ4v) is 1.81. The van der Waals surface area contributed by atoms with Crippen LogP contribution < -0.4 is 0 Å². The van der Waals surface area contributed by atoms with Crippen molar-refractivity contribution in [2.75, 3.05) is 6.61 Å². The lowest BCUT2D eigenvalue weighted by molar-refractivity contribution is -0.413. The van der Waals surface area contributed by atoms with Gasteiger partial charge in [0.05, 0.1) is 0 Å². The summed E-state index contributed by atoms with van der Waals surface area (Å²) in [5.74, 6) is -1.12. The van der Waals surface area contributed by atoms with E-state index in [1.165, 1.54) is 0 Å². The molecular weight excluding hydrogens is 196 g/mol. The average Bonchev–Trinajstić information content (AvgIpc) is 2.22. The Morgan fingerprint density at radius 2 is 2.33 bits per heavy atom. The molecule has 0 aromatic rings. The summed E-state index contributed by atoms with van der Waals surface area (Å²) in [6, 6.07) is 0. The lowest BCUT2D eigenvalue weighted by atomic mass is 9.84. The molecule has 0 saturated heterocycles. The number of ketones is 1. The molecule has 4 heteroatoms. The van der Waals surface area contributed by atoms with Crippen LogP contribution in [-0.4, -0.2) is 23.4 Å². The molecule has 2 unspecified atom stereocenters. The summed E-state index contributed by atoms with van der Waals surface area (Å²) in [7, 11) is 0. The van der Waals surface area contributed by atoms with E-state index in [2.05, 4.69) is 4.89 Å². The molecule has 0 bridgehead atoms. The van der Waals surface area contributed by atoms with Gasteiger partial charge < -0.3 is 4.74 Å². The highest BCUT2D eigenvalue weighted by Crippen LogP contribution is 2.33. The predicted molar refractivity (Wildman–Crippen MR) is 55.2 cm³/mol. The highest BCUT2D eigenvalue weighted by molar-refractivity contribution is 5.95. The molecule has 1 rings (SSSR count). The van der Waals surface area contributed by atoms with Gasteiger partial charge in [-0.2, -0.15) is 0 Å².